The van der Waals surface area contributed by atoms with Crippen molar-refractivity contribution in [3.8, 4) is 11.4 Å². The summed E-state index contributed by atoms with van der Waals surface area (Å²) in [5.41, 5.74) is 6.68. The minimum Gasteiger partial charge on any atom is -0.339 e. The molecule has 0 unspecified atom stereocenters. The van der Waals surface area contributed by atoms with E-state index in [9.17, 15) is 4.39 Å². The van der Waals surface area contributed by atoms with Gasteiger partial charge in [-0.15, -0.1) is 0 Å². The first-order chi connectivity index (χ1) is 9.15. The maximum absolute atomic E-state index is 13.1. The Morgan fingerprint density at radius 1 is 1.32 bits per heavy atom. The van der Waals surface area contributed by atoms with Gasteiger partial charge in [0.2, 0.25) is 11.7 Å². The van der Waals surface area contributed by atoms with Gasteiger partial charge in [-0.1, -0.05) is 30.1 Å². The minimum atomic E-state index is -0.310. The second-order valence-electron chi connectivity index (χ2n) is 5.27. The van der Waals surface area contributed by atoms with Crippen molar-refractivity contribution >= 4 is 0 Å². The van der Waals surface area contributed by atoms with Crippen molar-refractivity contribution < 1.29 is 8.91 Å². The van der Waals surface area contributed by atoms with Crippen LogP contribution in [0.1, 0.15) is 31.6 Å². The molecule has 4 nitrogen and oxygen atoms in total. The Balaban J connectivity index is 1.79. The zero-order chi connectivity index (χ0) is 13.3. The fraction of sp³-hybridized carbons (Fsp3) is 0.429. The number of rotatable bonds is 3. The number of benzene rings is 1. The molecule has 1 saturated carbocycles. The first-order valence-electron chi connectivity index (χ1n) is 6.52. The number of hydrogen-bond donors (Lipinski definition) is 1. The molecule has 1 fully saturated rings. The molecule has 19 heavy (non-hydrogen) atoms. The third-order valence-corrected chi connectivity index (χ3v) is 3.65. The van der Waals surface area contributed by atoms with Crippen LogP contribution >= 0.6 is 0 Å². The topological polar surface area (TPSA) is 64.9 Å². The molecule has 0 atom stereocenters. The normalized spacial score (nSPS) is 17.8. The number of nitrogens with two attached hydrogens (primary N) is 1. The van der Waals surface area contributed by atoms with Crippen LogP contribution in [-0.4, -0.2) is 15.7 Å². The van der Waals surface area contributed by atoms with Crippen molar-refractivity contribution in [2.45, 2.75) is 37.6 Å². The lowest BCUT2D eigenvalue weighted by atomic mass is 9.95. The Morgan fingerprint density at radius 3 is 2.84 bits per heavy atom. The Labute approximate surface area is 110 Å². The van der Waals surface area contributed by atoms with Crippen LogP contribution in [0.4, 0.5) is 4.39 Å². The Hall–Kier alpha value is -1.75. The van der Waals surface area contributed by atoms with Crippen molar-refractivity contribution in [2.75, 3.05) is 0 Å². The maximum Gasteiger partial charge on any atom is 0.228 e. The van der Waals surface area contributed by atoms with Crippen molar-refractivity contribution in [1.29, 1.82) is 0 Å². The molecule has 0 radical (unpaired) electrons. The lowest BCUT2D eigenvalue weighted by molar-refractivity contribution is 0.329. The molecule has 0 bridgehead atoms. The van der Waals surface area contributed by atoms with Gasteiger partial charge in [-0.25, -0.2) is 4.39 Å². The predicted octanol–water partition coefficient (Wildman–Crippen LogP) is 2.69. The molecular weight excluding hydrogens is 245 g/mol. The van der Waals surface area contributed by atoms with E-state index in [1.807, 2.05) is 0 Å². The third kappa shape index (κ3) is 2.66. The van der Waals surface area contributed by atoms with E-state index < -0.39 is 0 Å². The first kappa shape index (κ1) is 12.3. The van der Waals surface area contributed by atoms with Crippen molar-refractivity contribution in [2.24, 2.45) is 5.73 Å². The van der Waals surface area contributed by atoms with E-state index in [1.165, 1.54) is 12.1 Å². The van der Waals surface area contributed by atoms with E-state index in [0.717, 1.165) is 25.7 Å². The Morgan fingerprint density at radius 2 is 2.11 bits per heavy atom. The smallest absolute Gasteiger partial charge is 0.228 e. The standard InChI is InChI=1S/C14H16FN3O/c15-11-5-3-4-10(8-11)13-17-12(19-18-13)9-14(16)6-1-2-7-14/h3-5,8H,1-2,6-7,9,16H2. The SMILES string of the molecule is NC1(Cc2nc(-c3cccc(F)c3)no2)CCCC1. The molecule has 3 rings (SSSR count). The van der Waals surface area contributed by atoms with Crippen LogP contribution in [0.15, 0.2) is 28.8 Å². The van der Waals surface area contributed by atoms with Crippen LogP contribution in [-0.2, 0) is 6.42 Å². The van der Waals surface area contributed by atoms with Gasteiger partial charge >= 0.3 is 0 Å². The lowest BCUT2D eigenvalue weighted by Gasteiger charge is -2.20. The number of aromatic nitrogens is 2. The van der Waals surface area contributed by atoms with E-state index in [1.54, 1.807) is 12.1 Å². The second kappa shape index (κ2) is 4.74. The molecule has 1 aliphatic rings. The minimum absolute atomic E-state index is 0.217. The Bertz CT molecular complexity index is 576. The summed E-state index contributed by atoms with van der Waals surface area (Å²) in [4.78, 5) is 4.31. The molecule has 0 aliphatic heterocycles. The van der Waals surface area contributed by atoms with E-state index in [0.29, 0.717) is 23.7 Å². The summed E-state index contributed by atoms with van der Waals surface area (Å²) in [5, 5.41) is 3.89. The maximum atomic E-state index is 13.1. The van der Waals surface area contributed by atoms with Crippen molar-refractivity contribution in [3.63, 3.8) is 0 Å². The summed E-state index contributed by atoms with van der Waals surface area (Å²) in [6.45, 7) is 0. The van der Waals surface area contributed by atoms with Crippen LogP contribution in [0.3, 0.4) is 0 Å². The number of nitrogens with zero attached hydrogens (tertiary/aromatic N) is 2. The van der Waals surface area contributed by atoms with Gasteiger partial charge < -0.3 is 10.3 Å². The lowest BCUT2D eigenvalue weighted by Crippen LogP contribution is -2.38. The van der Waals surface area contributed by atoms with Gasteiger partial charge in [0, 0.05) is 17.5 Å². The van der Waals surface area contributed by atoms with E-state index >= 15 is 0 Å². The first-order valence-corrected chi connectivity index (χ1v) is 6.52. The highest BCUT2D eigenvalue weighted by Crippen LogP contribution is 2.30. The average Bonchev–Trinajstić information content (AvgIpc) is 2.99. The highest BCUT2D eigenvalue weighted by molar-refractivity contribution is 5.53. The molecule has 0 amide bonds. The molecule has 1 heterocycles. The van der Waals surface area contributed by atoms with Crippen LogP contribution in [0.2, 0.25) is 0 Å². The van der Waals surface area contributed by atoms with Crippen molar-refractivity contribution in [1.82, 2.24) is 10.1 Å². The quantitative estimate of drug-likeness (QED) is 0.922. The fourth-order valence-corrected chi connectivity index (χ4v) is 2.63. The van der Waals surface area contributed by atoms with Crippen molar-refractivity contribution in [3.05, 3.63) is 36.0 Å². The molecular formula is C14H16FN3O. The molecule has 1 aromatic carbocycles. The highest BCUT2D eigenvalue weighted by atomic mass is 19.1. The van der Waals surface area contributed by atoms with Gasteiger partial charge in [0.1, 0.15) is 5.82 Å². The predicted molar refractivity (Wildman–Crippen MR) is 68.8 cm³/mol. The number of halogens is 1. The van der Waals surface area contributed by atoms with Gasteiger partial charge in [-0.05, 0) is 25.0 Å². The molecule has 2 aromatic rings. The van der Waals surface area contributed by atoms with Crippen LogP contribution < -0.4 is 5.73 Å². The average molecular weight is 261 g/mol. The molecule has 5 heteroatoms. The van der Waals surface area contributed by atoms with Gasteiger partial charge in [0.05, 0.1) is 0 Å². The van der Waals surface area contributed by atoms with Gasteiger partial charge in [-0.2, -0.15) is 4.98 Å². The molecule has 100 valence electrons. The zero-order valence-electron chi connectivity index (χ0n) is 10.6. The third-order valence-electron chi connectivity index (χ3n) is 3.65. The fourth-order valence-electron chi connectivity index (χ4n) is 2.63. The summed E-state index contributed by atoms with van der Waals surface area (Å²) < 4.78 is 18.4. The molecule has 1 aliphatic carbocycles. The molecule has 2 N–H and O–H groups in total. The van der Waals surface area contributed by atoms with E-state index in [2.05, 4.69) is 10.1 Å². The highest BCUT2D eigenvalue weighted by Gasteiger charge is 2.31. The largest absolute Gasteiger partial charge is 0.339 e. The monoisotopic (exact) mass is 261 g/mol. The van der Waals surface area contributed by atoms with Gasteiger partial charge in [0.25, 0.3) is 0 Å². The van der Waals surface area contributed by atoms with Crippen LogP contribution in [0, 0.1) is 5.82 Å². The summed E-state index contributed by atoms with van der Waals surface area (Å²) in [6, 6.07) is 6.16. The molecule has 1 aromatic heterocycles. The van der Waals surface area contributed by atoms with E-state index in [-0.39, 0.29) is 11.4 Å². The van der Waals surface area contributed by atoms with Gasteiger partial charge in [-0.3, -0.25) is 0 Å². The Kier molecular flexibility index (Phi) is 3.06. The molecule has 0 saturated heterocycles. The van der Waals surface area contributed by atoms with Gasteiger partial charge in [0.15, 0.2) is 0 Å². The summed E-state index contributed by atoms with van der Waals surface area (Å²) in [7, 11) is 0. The van der Waals surface area contributed by atoms with E-state index in [4.69, 9.17) is 10.3 Å². The van der Waals surface area contributed by atoms with Crippen LogP contribution in [0.5, 0.6) is 0 Å². The zero-order valence-corrected chi connectivity index (χ0v) is 10.6. The summed E-state index contributed by atoms with van der Waals surface area (Å²) in [5.74, 6) is 0.634. The summed E-state index contributed by atoms with van der Waals surface area (Å²) in [6.07, 6.45) is 4.88. The number of hydrogen-bond acceptors (Lipinski definition) is 4. The van der Waals surface area contributed by atoms with Crippen LogP contribution in [0.25, 0.3) is 11.4 Å². The molecule has 0 spiro atoms. The second-order valence-corrected chi connectivity index (χ2v) is 5.27. The summed E-state index contributed by atoms with van der Waals surface area (Å²) >= 11 is 0.